The predicted octanol–water partition coefficient (Wildman–Crippen LogP) is 6.25. The van der Waals surface area contributed by atoms with Crippen molar-refractivity contribution in [2.75, 3.05) is 0 Å². The van der Waals surface area contributed by atoms with E-state index in [4.69, 9.17) is 11.6 Å². The maximum atomic E-state index is 14.1. The van der Waals surface area contributed by atoms with Gasteiger partial charge in [0.2, 0.25) is 0 Å². The second kappa shape index (κ2) is 8.52. The molecule has 0 spiro atoms. The van der Waals surface area contributed by atoms with Crippen LogP contribution < -0.4 is 5.32 Å². The molecule has 1 heterocycles. The molecule has 0 fully saturated rings. The topological polar surface area (TPSA) is 54.9 Å². The summed E-state index contributed by atoms with van der Waals surface area (Å²) >= 11 is 5.85. The molecule has 156 valence electrons. The van der Waals surface area contributed by atoms with Gasteiger partial charge in [-0.3, -0.25) is 4.79 Å². The van der Waals surface area contributed by atoms with Crippen LogP contribution in [0.4, 0.5) is 4.39 Å². The van der Waals surface area contributed by atoms with E-state index in [-0.39, 0.29) is 16.8 Å². The van der Waals surface area contributed by atoms with E-state index in [0.29, 0.717) is 16.7 Å². The van der Waals surface area contributed by atoms with E-state index < -0.39 is 11.4 Å². The quantitative estimate of drug-likeness (QED) is 0.537. The van der Waals surface area contributed by atoms with Crippen molar-refractivity contribution in [1.82, 2.24) is 15.3 Å². The highest BCUT2D eigenvalue weighted by atomic mass is 35.5. The molecule has 6 heteroatoms. The fraction of sp³-hybridized carbons (Fsp3) is 0.292. The van der Waals surface area contributed by atoms with Gasteiger partial charge in [-0.25, -0.2) is 14.4 Å². The Kier molecular flexibility index (Phi) is 6.22. The summed E-state index contributed by atoms with van der Waals surface area (Å²) < 4.78 is 14.1. The van der Waals surface area contributed by atoms with Gasteiger partial charge in [0.05, 0.1) is 10.7 Å². The van der Waals surface area contributed by atoms with Crippen LogP contribution in [0.25, 0.3) is 22.3 Å². The highest BCUT2D eigenvalue weighted by Gasteiger charge is 2.19. The number of nitrogens with one attached hydrogen (secondary N) is 1. The van der Waals surface area contributed by atoms with Crippen molar-refractivity contribution in [2.45, 2.75) is 46.1 Å². The zero-order valence-corrected chi connectivity index (χ0v) is 18.5. The first-order chi connectivity index (χ1) is 14.0. The van der Waals surface area contributed by atoms with E-state index in [9.17, 15) is 9.18 Å². The molecule has 30 heavy (non-hydrogen) atoms. The first-order valence-corrected chi connectivity index (χ1v) is 10.2. The van der Waals surface area contributed by atoms with E-state index in [1.54, 1.807) is 18.3 Å². The SMILES string of the molecule is CC(C)c1ncncc1-c1cc(C(=O)NC(C)(C)C)cc(-c2ccc(Cl)c(F)c2)c1. The van der Waals surface area contributed by atoms with Gasteiger partial charge in [-0.05, 0) is 73.7 Å². The summed E-state index contributed by atoms with van der Waals surface area (Å²) in [6.45, 7) is 9.87. The Morgan fingerprint density at radius 1 is 1.07 bits per heavy atom. The molecule has 1 amide bonds. The lowest BCUT2D eigenvalue weighted by atomic mass is 9.93. The lowest BCUT2D eigenvalue weighted by molar-refractivity contribution is 0.0919. The van der Waals surface area contributed by atoms with Crippen LogP contribution in [-0.4, -0.2) is 21.4 Å². The Balaban J connectivity index is 2.21. The monoisotopic (exact) mass is 425 g/mol. The van der Waals surface area contributed by atoms with Crippen molar-refractivity contribution in [2.24, 2.45) is 0 Å². The Morgan fingerprint density at radius 3 is 2.40 bits per heavy atom. The summed E-state index contributed by atoms with van der Waals surface area (Å²) in [4.78, 5) is 21.5. The van der Waals surface area contributed by atoms with Gasteiger partial charge in [0.15, 0.2) is 0 Å². The molecule has 0 saturated carbocycles. The summed E-state index contributed by atoms with van der Waals surface area (Å²) in [6, 6.07) is 10.1. The van der Waals surface area contributed by atoms with Crippen LogP contribution >= 0.6 is 11.6 Å². The minimum atomic E-state index is -0.508. The van der Waals surface area contributed by atoms with Crippen molar-refractivity contribution in [3.05, 3.63) is 71.0 Å². The van der Waals surface area contributed by atoms with Gasteiger partial charge in [0, 0.05) is 22.9 Å². The summed E-state index contributed by atoms with van der Waals surface area (Å²) in [7, 11) is 0. The molecule has 0 unspecified atom stereocenters. The Labute approximate surface area is 181 Å². The summed E-state index contributed by atoms with van der Waals surface area (Å²) in [5.41, 5.74) is 3.95. The molecule has 0 bridgehead atoms. The van der Waals surface area contributed by atoms with Gasteiger partial charge < -0.3 is 5.32 Å². The molecule has 0 radical (unpaired) electrons. The number of benzene rings is 2. The standard InChI is InChI=1S/C24H25ClFN3O/c1-14(2)22-19(12-27-13-28-22)17-8-16(15-6-7-20(25)21(26)11-15)9-18(10-17)23(30)29-24(3,4)5/h6-14H,1-5H3,(H,29,30). The van der Waals surface area contributed by atoms with Gasteiger partial charge in [-0.2, -0.15) is 0 Å². The van der Waals surface area contributed by atoms with Gasteiger partial charge in [0.25, 0.3) is 5.91 Å². The number of rotatable bonds is 4. The molecule has 3 aromatic rings. The number of hydrogen-bond acceptors (Lipinski definition) is 3. The first kappa shape index (κ1) is 21.9. The van der Waals surface area contributed by atoms with Crippen molar-refractivity contribution in [1.29, 1.82) is 0 Å². The maximum Gasteiger partial charge on any atom is 0.251 e. The number of aromatic nitrogens is 2. The third kappa shape index (κ3) is 5.03. The van der Waals surface area contributed by atoms with Crippen LogP contribution in [0, 0.1) is 5.82 Å². The molecule has 3 rings (SSSR count). The Morgan fingerprint density at radius 2 is 1.77 bits per heavy atom. The summed E-state index contributed by atoms with van der Waals surface area (Å²) in [6.07, 6.45) is 3.26. The molecule has 1 N–H and O–H groups in total. The molecular formula is C24H25ClFN3O. The van der Waals surface area contributed by atoms with Gasteiger partial charge >= 0.3 is 0 Å². The lowest BCUT2D eigenvalue weighted by Crippen LogP contribution is -2.40. The van der Waals surface area contributed by atoms with Crippen molar-refractivity contribution in [3.63, 3.8) is 0 Å². The molecule has 4 nitrogen and oxygen atoms in total. The molecule has 0 aliphatic heterocycles. The molecule has 1 aromatic heterocycles. The number of carbonyl (C=O) groups is 1. The van der Waals surface area contributed by atoms with Crippen molar-refractivity contribution in [3.8, 4) is 22.3 Å². The number of amides is 1. The number of halogens is 2. The van der Waals surface area contributed by atoms with Crippen LogP contribution in [0.5, 0.6) is 0 Å². The average Bonchev–Trinajstić information content (AvgIpc) is 2.68. The van der Waals surface area contributed by atoms with Crippen LogP contribution in [0.3, 0.4) is 0 Å². The zero-order chi connectivity index (χ0) is 22.1. The van der Waals surface area contributed by atoms with Crippen LogP contribution in [0.2, 0.25) is 5.02 Å². The minimum Gasteiger partial charge on any atom is -0.347 e. The number of hydrogen-bond donors (Lipinski definition) is 1. The fourth-order valence-corrected chi connectivity index (χ4v) is 3.31. The maximum absolute atomic E-state index is 14.1. The minimum absolute atomic E-state index is 0.0548. The second-order valence-electron chi connectivity index (χ2n) is 8.61. The third-order valence-corrected chi connectivity index (χ3v) is 4.84. The first-order valence-electron chi connectivity index (χ1n) is 9.78. The molecule has 0 saturated heterocycles. The summed E-state index contributed by atoms with van der Waals surface area (Å²) in [5.74, 6) is -0.541. The Hall–Kier alpha value is -2.79. The summed E-state index contributed by atoms with van der Waals surface area (Å²) in [5, 5.41) is 3.04. The largest absolute Gasteiger partial charge is 0.347 e. The van der Waals surface area contributed by atoms with Crippen molar-refractivity contribution >= 4 is 17.5 Å². The van der Waals surface area contributed by atoms with E-state index in [0.717, 1.165) is 16.8 Å². The molecule has 0 aliphatic rings. The highest BCUT2D eigenvalue weighted by Crippen LogP contribution is 2.33. The average molecular weight is 426 g/mol. The number of carbonyl (C=O) groups excluding carboxylic acids is 1. The van der Waals surface area contributed by atoms with E-state index in [1.165, 1.54) is 18.5 Å². The highest BCUT2D eigenvalue weighted by molar-refractivity contribution is 6.30. The van der Waals surface area contributed by atoms with Gasteiger partial charge in [-0.15, -0.1) is 0 Å². The normalized spacial score (nSPS) is 11.6. The third-order valence-electron chi connectivity index (χ3n) is 4.54. The van der Waals surface area contributed by atoms with E-state index >= 15 is 0 Å². The molecular weight excluding hydrogens is 401 g/mol. The van der Waals surface area contributed by atoms with E-state index in [2.05, 4.69) is 29.1 Å². The van der Waals surface area contributed by atoms with Gasteiger partial charge in [-0.1, -0.05) is 31.5 Å². The van der Waals surface area contributed by atoms with Crippen LogP contribution in [0.15, 0.2) is 48.9 Å². The molecule has 2 aromatic carbocycles. The zero-order valence-electron chi connectivity index (χ0n) is 17.8. The number of nitrogens with zero attached hydrogens (tertiary/aromatic N) is 2. The van der Waals surface area contributed by atoms with Crippen molar-refractivity contribution < 1.29 is 9.18 Å². The van der Waals surface area contributed by atoms with Crippen LogP contribution in [-0.2, 0) is 0 Å². The lowest BCUT2D eigenvalue weighted by Gasteiger charge is -2.21. The second-order valence-corrected chi connectivity index (χ2v) is 9.02. The van der Waals surface area contributed by atoms with E-state index in [1.807, 2.05) is 32.9 Å². The molecule has 0 aliphatic carbocycles. The fourth-order valence-electron chi connectivity index (χ4n) is 3.19. The van der Waals surface area contributed by atoms with Gasteiger partial charge in [0.1, 0.15) is 12.1 Å². The Bertz CT molecular complexity index is 1090. The van der Waals surface area contributed by atoms with Crippen LogP contribution in [0.1, 0.15) is 56.6 Å². The predicted molar refractivity (Wildman–Crippen MR) is 119 cm³/mol. The molecule has 0 atom stereocenters. The smallest absolute Gasteiger partial charge is 0.251 e.